The van der Waals surface area contributed by atoms with E-state index in [4.69, 9.17) is 15.2 Å². The minimum absolute atomic E-state index is 0.480. The zero-order chi connectivity index (χ0) is 14.4. The molecule has 2 N–H and O–H groups in total. The summed E-state index contributed by atoms with van der Waals surface area (Å²) in [6.07, 6.45) is 1.54. The molecule has 2 aromatic rings. The van der Waals surface area contributed by atoms with Gasteiger partial charge in [-0.15, -0.1) is 0 Å². The number of nitrogens with two attached hydrogens (primary N) is 1. The van der Waals surface area contributed by atoms with E-state index >= 15 is 0 Å². The van der Waals surface area contributed by atoms with E-state index in [-0.39, 0.29) is 0 Å². The maximum atomic E-state index is 5.86. The van der Waals surface area contributed by atoms with Gasteiger partial charge in [0.05, 0.1) is 11.9 Å². The van der Waals surface area contributed by atoms with Gasteiger partial charge >= 0.3 is 0 Å². The van der Waals surface area contributed by atoms with Gasteiger partial charge < -0.3 is 20.1 Å². The van der Waals surface area contributed by atoms with Crippen molar-refractivity contribution in [2.45, 2.75) is 0 Å². The molecule has 2 rings (SSSR count). The summed E-state index contributed by atoms with van der Waals surface area (Å²) in [5.41, 5.74) is 6.34. The first-order valence-electron chi connectivity index (χ1n) is 6.41. The fourth-order valence-corrected chi connectivity index (χ4v) is 1.55. The van der Waals surface area contributed by atoms with Crippen LogP contribution in [-0.2, 0) is 0 Å². The lowest BCUT2D eigenvalue weighted by atomic mass is 10.3. The summed E-state index contributed by atoms with van der Waals surface area (Å²) in [5, 5.41) is 0. The highest BCUT2D eigenvalue weighted by atomic mass is 16.5. The number of ether oxygens (including phenoxy) is 2. The summed E-state index contributed by atoms with van der Waals surface area (Å²) in [6, 6.07) is 11.2. The first-order chi connectivity index (χ1) is 9.65. The molecule has 1 heterocycles. The largest absolute Gasteiger partial charge is 0.476 e. The molecule has 1 aromatic carbocycles. The number of hydrogen-bond donors (Lipinski definition) is 1. The van der Waals surface area contributed by atoms with Gasteiger partial charge in [0.2, 0.25) is 5.88 Å². The van der Waals surface area contributed by atoms with E-state index in [0.29, 0.717) is 23.9 Å². The summed E-state index contributed by atoms with van der Waals surface area (Å²) in [5.74, 6) is 1.78. The molecule has 0 saturated heterocycles. The highest BCUT2D eigenvalue weighted by Gasteiger charge is 2.06. The van der Waals surface area contributed by atoms with Crippen LogP contribution >= 0.6 is 0 Å². The Hall–Kier alpha value is -2.27. The Morgan fingerprint density at radius 3 is 2.65 bits per heavy atom. The molecule has 0 fully saturated rings. The van der Waals surface area contributed by atoms with E-state index in [1.807, 2.05) is 49.3 Å². The minimum atomic E-state index is 0.480. The first-order valence-corrected chi connectivity index (χ1v) is 6.41. The molecule has 0 atom stereocenters. The van der Waals surface area contributed by atoms with Crippen molar-refractivity contribution in [2.24, 2.45) is 0 Å². The third kappa shape index (κ3) is 4.13. The normalized spacial score (nSPS) is 10.6. The molecule has 0 radical (unpaired) electrons. The maximum absolute atomic E-state index is 5.86. The SMILES string of the molecule is CN(C)CCOc1cc(Oc2ccccc2)c(N)cn1. The number of nitrogens with zero attached hydrogens (tertiary/aromatic N) is 2. The average molecular weight is 273 g/mol. The number of aromatic nitrogens is 1. The molecule has 0 spiro atoms. The van der Waals surface area contributed by atoms with Crippen LogP contribution in [-0.4, -0.2) is 37.1 Å². The van der Waals surface area contributed by atoms with E-state index < -0.39 is 0 Å². The molecule has 106 valence electrons. The lowest BCUT2D eigenvalue weighted by Crippen LogP contribution is -2.19. The van der Waals surface area contributed by atoms with Crippen molar-refractivity contribution in [1.82, 2.24) is 9.88 Å². The highest BCUT2D eigenvalue weighted by molar-refractivity contribution is 5.53. The molecule has 0 saturated carbocycles. The van der Waals surface area contributed by atoms with Gasteiger partial charge in [-0.1, -0.05) is 18.2 Å². The average Bonchev–Trinajstić information content (AvgIpc) is 2.43. The van der Waals surface area contributed by atoms with Gasteiger partial charge in [-0.2, -0.15) is 0 Å². The Morgan fingerprint density at radius 2 is 1.95 bits per heavy atom. The zero-order valence-electron chi connectivity index (χ0n) is 11.7. The number of pyridine rings is 1. The second-order valence-electron chi connectivity index (χ2n) is 4.63. The predicted molar refractivity (Wildman–Crippen MR) is 79.2 cm³/mol. The molecule has 0 aliphatic heterocycles. The van der Waals surface area contributed by atoms with Gasteiger partial charge in [-0.25, -0.2) is 4.98 Å². The van der Waals surface area contributed by atoms with Crippen LogP contribution in [0.2, 0.25) is 0 Å². The topological polar surface area (TPSA) is 60.6 Å². The standard InChI is InChI=1S/C15H19N3O2/c1-18(2)8-9-19-15-10-14(13(16)11-17-15)20-12-6-4-3-5-7-12/h3-7,10-11H,8-9,16H2,1-2H3. The van der Waals surface area contributed by atoms with Crippen LogP contribution in [0.5, 0.6) is 17.4 Å². The van der Waals surface area contributed by atoms with Crippen molar-refractivity contribution in [3.63, 3.8) is 0 Å². The monoisotopic (exact) mass is 273 g/mol. The van der Waals surface area contributed by atoms with E-state index in [9.17, 15) is 0 Å². The Balaban J connectivity index is 2.05. The summed E-state index contributed by atoms with van der Waals surface area (Å²) in [7, 11) is 3.98. The molecule has 1 aromatic heterocycles. The number of hydrogen-bond acceptors (Lipinski definition) is 5. The second kappa shape index (κ2) is 6.77. The van der Waals surface area contributed by atoms with Crippen LogP contribution in [0.3, 0.4) is 0 Å². The molecule has 0 aliphatic rings. The van der Waals surface area contributed by atoms with Crippen LogP contribution in [0.1, 0.15) is 0 Å². The molecular formula is C15H19N3O2. The lowest BCUT2D eigenvalue weighted by Gasteiger charge is -2.12. The van der Waals surface area contributed by atoms with Crippen molar-refractivity contribution in [2.75, 3.05) is 33.0 Å². The van der Waals surface area contributed by atoms with Crippen molar-refractivity contribution >= 4 is 5.69 Å². The number of nitrogen functional groups attached to an aromatic ring is 1. The lowest BCUT2D eigenvalue weighted by molar-refractivity contribution is 0.253. The van der Waals surface area contributed by atoms with Crippen molar-refractivity contribution < 1.29 is 9.47 Å². The Labute approximate surface area is 118 Å². The van der Waals surface area contributed by atoms with Crippen LogP contribution in [0.15, 0.2) is 42.6 Å². The predicted octanol–water partition coefficient (Wildman–Crippen LogP) is 2.40. The van der Waals surface area contributed by atoms with Crippen LogP contribution < -0.4 is 15.2 Å². The molecule has 20 heavy (non-hydrogen) atoms. The maximum Gasteiger partial charge on any atom is 0.217 e. The van der Waals surface area contributed by atoms with Crippen LogP contribution in [0, 0.1) is 0 Å². The summed E-state index contributed by atoms with van der Waals surface area (Å²) in [4.78, 5) is 6.17. The summed E-state index contributed by atoms with van der Waals surface area (Å²) >= 11 is 0. The number of para-hydroxylation sites is 1. The number of likely N-dealkylation sites (N-methyl/N-ethyl adjacent to an activating group) is 1. The molecule has 5 nitrogen and oxygen atoms in total. The minimum Gasteiger partial charge on any atom is -0.476 e. The second-order valence-corrected chi connectivity index (χ2v) is 4.63. The fourth-order valence-electron chi connectivity index (χ4n) is 1.55. The number of anilines is 1. The first kappa shape index (κ1) is 14.1. The van der Waals surface area contributed by atoms with Gasteiger partial charge in [0.25, 0.3) is 0 Å². The Kier molecular flexibility index (Phi) is 4.79. The van der Waals surface area contributed by atoms with Gasteiger partial charge in [0.15, 0.2) is 5.75 Å². The third-order valence-electron chi connectivity index (χ3n) is 2.63. The fraction of sp³-hybridized carbons (Fsp3) is 0.267. The van der Waals surface area contributed by atoms with Gasteiger partial charge in [-0.3, -0.25) is 0 Å². The van der Waals surface area contributed by atoms with Crippen molar-refractivity contribution in [3.05, 3.63) is 42.6 Å². The van der Waals surface area contributed by atoms with Crippen molar-refractivity contribution in [1.29, 1.82) is 0 Å². The van der Waals surface area contributed by atoms with E-state index in [0.717, 1.165) is 12.3 Å². The van der Waals surface area contributed by atoms with E-state index in [2.05, 4.69) is 4.98 Å². The number of rotatable bonds is 6. The highest BCUT2D eigenvalue weighted by Crippen LogP contribution is 2.29. The van der Waals surface area contributed by atoms with Gasteiger partial charge in [0, 0.05) is 12.6 Å². The van der Waals surface area contributed by atoms with Crippen molar-refractivity contribution in [3.8, 4) is 17.4 Å². The third-order valence-corrected chi connectivity index (χ3v) is 2.63. The molecule has 0 amide bonds. The molecular weight excluding hydrogens is 254 g/mol. The molecule has 0 aliphatic carbocycles. The molecule has 0 unspecified atom stereocenters. The van der Waals surface area contributed by atoms with Gasteiger partial charge in [-0.05, 0) is 26.2 Å². The summed E-state index contributed by atoms with van der Waals surface area (Å²) in [6.45, 7) is 1.38. The van der Waals surface area contributed by atoms with Crippen LogP contribution in [0.25, 0.3) is 0 Å². The molecule has 0 bridgehead atoms. The smallest absolute Gasteiger partial charge is 0.217 e. The zero-order valence-corrected chi connectivity index (χ0v) is 11.7. The number of benzene rings is 1. The Bertz CT molecular complexity index is 544. The van der Waals surface area contributed by atoms with Crippen LogP contribution in [0.4, 0.5) is 5.69 Å². The van der Waals surface area contributed by atoms with Gasteiger partial charge in [0.1, 0.15) is 12.4 Å². The Morgan fingerprint density at radius 1 is 1.20 bits per heavy atom. The van der Waals surface area contributed by atoms with E-state index in [1.165, 1.54) is 0 Å². The molecule has 5 heteroatoms. The summed E-state index contributed by atoms with van der Waals surface area (Å²) < 4.78 is 11.3. The quantitative estimate of drug-likeness (QED) is 0.875. The van der Waals surface area contributed by atoms with E-state index in [1.54, 1.807) is 12.3 Å².